The third kappa shape index (κ3) is 12.3. The molecular formula is C12H21O13P. The van der Waals surface area contributed by atoms with Crippen LogP contribution in [0.15, 0.2) is 0 Å². The predicted molar refractivity (Wildman–Crippen MR) is 80.5 cm³/mol. The monoisotopic (exact) mass is 404 g/mol. The molecule has 0 N–H and O–H groups in total. The number of phosphoric acid groups is 1. The molecule has 0 aromatic rings. The summed E-state index contributed by atoms with van der Waals surface area (Å²) >= 11 is 0. The van der Waals surface area contributed by atoms with Crippen LogP contribution in [-0.2, 0) is 46.6 Å². The van der Waals surface area contributed by atoms with Crippen LogP contribution in [0.2, 0.25) is 0 Å². The Labute approximate surface area is 149 Å². The molecule has 26 heavy (non-hydrogen) atoms. The van der Waals surface area contributed by atoms with E-state index in [1.165, 1.54) is 0 Å². The maximum atomic E-state index is 12.4. The van der Waals surface area contributed by atoms with Crippen LogP contribution in [0.4, 0.5) is 14.4 Å². The first kappa shape index (κ1) is 23.9. The van der Waals surface area contributed by atoms with Crippen LogP contribution < -0.4 is 0 Å². The Morgan fingerprint density at radius 1 is 0.577 bits per heavy atom. The van der Waals surface area contributed by atoms with Crippen molar-refractivity contribution in [3.8, 4) is 0 Å². The summed E-state index contributed by atoms with van der Waals surface area (Å²) < 4.78 is 53.5. The van der Waals surface area contributed by atoms with Gasteiger partial charge in [0, 0.05) is 0 Å². The molecule has 0 saturated heterocycles. The molecule has 152 valence electrons. The molecule has 0 aromatic heterocycles. The van der Waals surface area contributed by atoms with Gasteiger partial charge < -0.3 is 28.4 Å². The van der Waals surface area contributed by atoms with Gasteiger partial charge in [0.1, 0.15) is 19.8 Å². The minimum absolute atomic E-state index is 0.291. The van der Waals surface area contributed by atoms with E-state index in [0.717, 1.165) is 21.3 Å². The fourth-order valence-electron chi connectivity index (χ4n) is 1.11. The van der Waals surface area contributed by atoms with E-state index in [-0.39, 0.29) is 39.6 Å². The van der Waals surface area contributed by atoms with Crippen molar-refractivity contribution < 1.29 is 60.9 Å². The first-order chi connectivity index (χ1) is 12.4. The van der Waals surface area contributed by atoms with Gasteiger partial charge in [0.05, 0.1) is 41.2 Å². The van der Waals surface area contributed by atoms with Crippen molar-refractivity contribution in [1.82, 2.24) is 0 Å². The van der Waals surface area contributed by atoms with Crippen LogP contribution >= 0.6 is 7.82 Å². The van der Waals surface area contributed by atoms with E-state index in [1.54, 1.807) is 0 Å². The van der Waals surface area contributed by atoms with E-state index in [4.69, 9.17) is 13.6 Å². The van der Waals surface area contributed by atoms with Gasteiger partial charge >= 0.3 is 26.3 Å². The second-order valence-corrected chi connectivity index (χ2v) is 5.52. The molecule has 0 radical (unpaired) electrons. The van der Waals surface area contributed by atoms with E-state index < -0.39 is 26.3 Å². The standard InChI is InChI=1S/C12H21O13P/c1-17-10(13)20-4-7-23-26(16,24-8-5-21-11(14)18-2)25-9-6-22-12(15)19-3/h4-9H2,1-3H3. The molecule has 0 aromatic carbocycles. The summed E-state index contributed by atoms with van der Waals surface area (Å²) in [6, 6.07) is 0. The maximum Gasteiger partial charge on any atom is 0.508 e. The number of ether oxygens (including phenoxy) is 6. The lowest BCUT2D eigenvalue weighted by Gasteiger charge is -2.17. The average molecular weight is 404 g/mol. The Morgan fingerprint density at radius 2 is 0.846 bits per heavy atom. The number of phosphoric ester groups is 1. The number of rotatable bonds is 12. The van der Waals surface area contributed by atoms with Gasteiger partial charge in [0.25, 0.3) is 0 Å². The number of carbonyl (C=O) groups excluding carboxylic acids is 3. The molecule has 14 heteroatoms. The highest BCUT2D eigenvalue weighted by Gasteiger charge is 2.27. The molecule has 0 fully saturated rings. The Balaban J connectivity index is 4.35. The zero-order chi connectivity index (χ0) is 19.8. The van der Waals surface area contributed by atoms with Crippen molar-refractivity contribution in [3.05, 3.63) is 0 Å². The van der Waals surface area contributed by atoms with Crippen LogP contribution in [0.3, 0.4) is 0 Å². The number of hydrogen-bond acceptors (Lipinski definition) is 13. The molecule has 0 aliphatic carbocycles. The first-order valence-corrected chi connectivity index (χ1v) is 8.48. The summed E-state index contributed by atoms with van der Waals surface area (Å²) in [4.78, 5) is 32.4. The van der Waals surface area contributed by atoms with Gasteiger partial charge in [-0.05, 0) is 0 Å². The molecule has 0 bridgehead atoms. The highest BCUT2D eigenvalue weighted by molar-refractivity contribution is 7.48. The zero-order valence-corrected chi connectivity index (χ0v) is 15.4. The summed E-state index contributed by atoms with van der Waals surface area (Å²) in [5, 5.41) is 0. The van der Waals surface area contributed by atoms with Crippen molar-refractivity contribution >= 4 is 26.3 Å². The second-order valence-electron chi connectivity index (χ2n) is 3.85. The van der Waals surface area contributed by atoms with Crippen LogP contribution in [-0.4, -0.2) is 79.4 Å². The van der Waals surface area contributed by atoms with Crippen LogP contribution in [0, 0.1) is 0 Å². The molecule has 13 nitrogen and oxygen atoms in total. The minimum Gasteiger partial charge on any atom is -0.438 e. The second kappa shape index (κ2) is 14.1. The van der Waals surface area contributed by atoms with Gasteiger partial charge in [0.15, 0.2) is 0 Å². The van der Waals surface area contributed by atoms with Crippen molar-refractivity contribution in [2.45, 2.75) is 0 Å². The largest absolute Gasteiger partial charge is 0.508 e. The van der Waals surface area contributed by atoms with Gasteiger partial charge in [0.2, 0.25) is 0 Å². The maximum absolute atomic E-state index is 12.4. The van der Waals surface area contributed by atoms with E-state index >= 15 is 0 Å². The molecular weight excluding hydrogens is 383 g/mol. The minimum atomic E-state index is -4.12. The molecule has 0 aliphatic heterocycles. The van der Waals surface area contributed by atoms with E-state index in [2.05, 4.69) is 28.4 Å². The molecule has 0 rings (SSSR count). The van der Waals surface area contributed by atoms with Gasteiger partial charge in [-0.25, -0.2) is 18.9 Å². The lowest BCUT2D eigenvalue weighted by molar-refractivity contribution is 0.0286. The SMILES string of the molecule is COC(=O)OCCOP(=O)(OCCOC(=O)OC)OCCOC(=O)OC. The highest BCUT2D eigenvalue weighted by Crippen LogP contribution is 2.49. The number of methoxy groups -OCH3 is 3. The smallest absolute Gasteiger partial charge is 0.438 e. The van der Waals surface area contributed by atoms with Gasteiger partial charge in [-0.2, -0.15) is 0 Å². The van der Waals surface area contributed by atoms with E-state index in [9.17, 15) is 18.9 Å². The molecule has 0 aliphatic rings. The highest BCUT2D eigenvalue weighted by atomic mass is 31.2. The topological polar surface area (TPSA) is 151 Å². The Kier molecular flexibility index (Phi) is 13.0. The zero-order valence-electron chi connectivity index (χ0n) is 14.5. The summed E-state index contributed by atoms with van der Waals surface area (Å²) in [6.07, 6.45) is -2.87. The van der Waals surface area contributed by atoms with E-state index in [0.29, 0.717) is 0 Å². The van der Waals surface area contributed by atoms with Gasteiger partial charge in [-0.1, -0.05) is 0 Å². The third-order valence-electron chi connectivity index (χ3n) is 2.16. The third-order valence-corrected chi connectivity index (χ3v) is 3.65. The van der Waals surface area contributed by atoms with Crippen LogP contribution in [0.25, 0.3) is 0 Å². The molecule has 0 saturated carbocycles. The Morgan fingerprint density at radius 3 is 1.08 bits per heavy atom. The van der Waals surface area contributed by atoms with Crippen molar-refractivity contribution in [1.29, 1.82) is 0 Å². The number of carbonyl (C=O) groups is 3. The normalized spacial score (nSPS) is 10.6. The quantitative estimate of drug-likeness (QED) is 0.200. The molecule has 0 unspecified atom stereocenters. The summed E-state index contributed by atoms with van der Waals surface area (Å²) in [5.41, 5.74) is 0. The van der Waals surface area contributed by atoms with Gasteiger partial charge in [-0.15, -0.1) is 0 Å². The molecule has 0 atom stereocenters. The lowest BCUT2D eigenvalue weighted by Crippen LogP contribution is -2.15. The average Bonchev–Trinajstić information content (AvgIpc) is 2.65. The van der Waals surface area contributed by atoms with Crippen LogP contribution in [0.1, 0.15) is 0 Å². The Bertz CT molecular complexity index is 413. The van der Waals surface area contributed by atoms with E-state index in [1.807, 2.05) is 0 Å². The molecule has 0 heterocycles. The molecule has 0 amide bonds. The predicted octanol–water partition coefficient (Wildman–Crippen LogP) is 1.49. The fourth-order valence-corrected chi connectivity index (χ4v) is 2.23. The molecule has 0 spiro atoms. The first-order valence-electron chi connectivity index (χ1n) is 7.02. The Hall–Kier alpha value is -2.08. The van der Waals surface area contributed by atoms with Crippen molar-refractivity contribution in [2.24, 2.45) is 0 Å². The van der Waals surface area contributed by atoms with Crippen LogP contribution in [0.5, 0.6) is 0 Å². The van der Waals surface area contributed by atoms with Crippen molar-refractivity contribution in [2.75, 3.05) is 61.0 Å². The summed E-state index contributed by atoms with van der Waals surface area (Å²) in [7, 11) is -0.779. The lowest BCUT2D eigenvalue weighted by atomic mass is 10.8. The van der Waals surface area contributed by atoms with Crippen molar-refractivity contribution in [3.63, 3.8) is 0 Å². The van der Waals surface area contributed by atoms with Gasteiger partial charge in [-0.3, -0.25) is 13.6 Å². The number of hydrogen-bond donors (Lipinski definition) is 0. The summed E-state index contributed by atoms with van der Waals surface area (Å²) in [5.74, 6) is 0. The fraction of sp³-hybridized carbons (Fsp3) is 0.750. The summed E-state index contributed by atoms with van der Waals surface area (Å²) in [6.45, 7) is -1.91.